The molecule has 0 saturated carbocycles. The summed E-state index contributed by atoms with van der Waals surface area (Å²) >= 11 is 5.71. The van der Waals surface area contributed by atoms with E-state index in [0.717, 1.165) is 17.8 Å². The Morgan fingerprint density at radius 3 is 2.62 bits per heavy atom. The molecule has 0 radical (unpaired) electrons. The molecule has 0 amide bonds. The van der Waals surface area contributed by atoms with Crippen LogP contribution < -0.4 is 5.32 Å². The van der Waals surface area contributed by atoms with Gasteiger partial charge in [-0.1, -0.05) is 29.8 Å². The number of hydrogen-bond donors (Lipinski definition) is 1. The van der Waals surface area contributed by atoms with Crippen LogP contribution >= 0.6 is 11.6 Å². The number of anilines is 1. The van der Waals surface area contributed by atoms with Crippen LogP contribution in [0, 0.1) is 5.82 Å². The second-order valence-electron chi connectivity index (χ2n) is 5.48. The van der Waals surface area contributed by atoms with E-state index in [2.05, 4.69) is 22.3 Å². The van der Waals surface area contributed by atoms with E-state index in [1.807, 2.05) is 39.2 Å². The van der Waals surface area contributed by atoms with Gasteiger partial charge < -0.3 is 10.2 Å². The normalized spacial score (nSPS) is 12.5. The van der Waals surface area contributed by atoms with E-state index in [-0.39, 0.29) is 16.9 Å². The molecule has 1 N–H and O–H groups in total. The first-order chi connectivity index (χ1) is 9.95. The van der Waals surface area contributed by atoms with E-state index in [0.29, 0.717) is 0 Å². The molecule has 112 valence electrons. The van der Waals surface area contributed by atoms with E-state index in [1.165, 1.54) is 11.6 Å². The highest BCUT2D eigenvalue weighted by Gasteiger charge is 2.09. The van der Waals surface area contributed by atoms with Crippen molar-refractivity contribution in [1.29, 1.82) is 0 Å². The summed E-state index contributed by atoms with van der Waals surface area (Å²) < 4.78 is 13.5. The highest BCUT2D eigenvalue weighted by atomic mass is 35.5. The number of hydrogen-bond acceptors (Lipinski definition) is 2. The summed E-state index contributed by atoms with van der Waals surface area (Å²) in [6.07, 6.45) is 0. The SMILES string of the molecule is CC(Nc1cccc(CN(C)C)c1)c1ccc(Cl)c(F)c1. The predicted molar refractivity (Wildman–Crippen MR) is 87.3 cm³/mol. The fraction of sp³-hybridized carbons (Fsp3) is 0.294. The maximum atomic E-state index is 13.5. The lowest BCUT2D eigenvalue weighted by atomic mass is 10.1. The minimum Gasteiger partial charge on any atom is -0.379 e. The minimum absolute atomic E-state index is 0.00590. The van der Waals surface area contributed by atoms with Gasteiger partial charge in [0.2, 0.25) is 0 Å². The molecular formula is C17H20ClFN2. The van der Waals surface area contributed by atoms with Crippen LogP contribution in [0.4, 0.5) is 10.1 Å². The summed E-state index contributed by atoms with van der Waals surface area (Å²) in [4.78, 5) is 2.12. The van der Waals surface area contributed by atoms with Gasteiger partial charge in [-0.25, -0.2) is 4.39 Å². The molecule has 2 aromatic rings. The van der Waals surface area contributed by atoms with Crippen molar-refractivity contribution in [2.45, 2.75) is 19.5 Å². The van der Waals surface area contributed by atoms with Crippen LogP contribution in [-0.4, -0.2) is 19.0 Å². The third-order valence-electron chi connectivity index (χ3n) is 3.25. The number of benzene rings is 2. The first-order valence-corrected chi connectivity index (χ1v) is 7.28. The zero-order valence-corrected chi connectivity index (χ0v) is 13.3. The third kappa shape index (κ3) is 4.45. The molecule has 0 spiro atoms. The van der Waals surface area contributed by atoms with Crippen molar-refractivity contribution < 1.29 is 4.39 Å². The Morgan fingerprint density at radius 2 is 1.95 bits per heavy atom. The smallest absolute Gasteiger partial charge is 0.142 e. The van der Waals surface area contributed by atoms with Gasteiger partial charge in [0.1, 0.15) is 5.82 Å². The zero-order chi connectivity index (χ0) is 15.4. The third-order valence-corrected chi connectivity index (χ3v) is 3.56. The molecule has 1 atom stereocenters. The van der Waals surface area contributed by atoms with Crippen LogP contribution in [0.5, 0.6) is 0 Å². The molecule has 0 aliphatic heterocycles. The summed E-state index contributed by atoms with van der Waals surface area (Å²) in [6.45, 7) is 2.89. The van der Waals surface area contributed by atoms with Crippen molar-refractivity contribution >= 4 is 17.3 Å². The van der Waals surface area contributed by atoms with Gasteiger partial charge in [-0.3, -0.25) is 0 Å². The van der Waals surface area contributed by atoms with E-state index < -0.39 is 0 Å². The molecule has 0 fully saturated rings. The fourth-order valence-electron chi connectivity index (χ4n) is 2.24. The lowest BCUT2D eigenvalue weighted by Crippen LogP contribution is -2.11. The summed E-state index contributed by atoms with van der Waals surface area (Å²) in [6, 6.07) is 13.2. The maximum Gasteiger partial charge on any atom is 0.142 e. The lowest BCUT2D eigenvalue weighted by molar-refractivity contribution is 0.402. The standard InChI is InChI=1S/C17H20ClFN2/c1-12(14-7-8-16(18)17(19)10-14)20-15-6-4-5-13(9-15)11-21(2)3/h4-10,12,20H,11H2,1-3H3. The summed E-state index contributed by atoms with van der Waals surface area (Å²) in [5.74, 6) is -0.385. The number of halogens is 2. The average Bonchev–Trinajstić information content (AvgIpc) is 2.41. The Kier molecular flexibility index (Phi) is 5.21. The Labute approximate surface area is 130 Å². The van der Waals surface area contributed by atoms with E-state index in [4.69, 9.17) is 11.6 Å². The van der Waals surface area contributed by atoms with Gasteiger partial charge in [-0.15, -0.1) is 0 Å². The van der Waals surface area contributed by atoms with Crippen molar-refractivity contribution in [1.82, 2.24) is 4.90 Å². The van der Waals surface area contributed by atoms with E-state index in [9.17, 15) is 4.39 Å². The van der Waals surface area contributed by atoms with Gasteiger partial charge in [0, 0.05) is 18.3 Å². The Balaban J connectivity index is 2.11. The molecule has 2 rings (SSSR count). The zero-order valence-electron chi connectivity index (χ0n) is 12.5. The van der Waals surface area contributed by atoms with Crippen molar-refractivity contribution in [3.8, 4) is 0 Å². The van der Waals surface area contributed by atoms with E-state index >= 15 is 0 Å². The van der Waals surface area contributed by atoms with Crippen molar-refractivity contribution in [2.24, 2.45) is 0 Å². The maximum absolute atomic E-state index is 13.5. The highest BCUT2D eigenvalue weighted by Crippen LogP contribution is 2.23. The Hall–Kier alpha value is -1.58. The summed E-state index contributed by atoms with van der Waals surface area (Å²) in [5, 5.41) is 3.54. The molecule has 0 heterocycles. The molecule has 0 aliphatic rings. The molecule has 0 bridgehead atoms. The van der Waals surface area contributed by atoms with Crippen LogP contribution in [0.1, 0.15) is 24.1 Å². The van der Waals surface area contributed by atoms with Gasteiger partial charge in [-0.05, 0) is 56.4 Å². The number of nitrogens with one attached hydrogen (secondary N) is 1. The quantitative estimate of drug-likeness (QED) is 0.860. The van der Waals surface area contributed by atoms with Gasteiger partial charge >= 0.3 is 0 Å². The molecule has 0 aliphatic carbocycles. The number of nitrogens with zero attached hydrogens (tertiary/aromatic N) is 1. The van der Waals surface area contributed by atoms with Crippen molar-refractivity contribution in [2.75, 3.05) is 19.4 Å². The van der Waals surface area contributed by atoms with Gasteiger partial charge in [-0.2, -0.15) is 0 Å². The van der Waals surface area contributed by atoms with Crippen LogP contribution in [0.3, 0.4) is 0 Å². The first kappa shape index (κ1) is 15.8. The topological polar surface area (TPSA) is 15.3 Å². The van der Waals surface area contributed by atoms with Crippen LogP contribution in [-0.2, 0) is 6.54 Å². The van der Waals surface area contributed by atoms with Gasteiger partial charge in [0.15, 0.2) is 0 Å². The summed E-state index contributed by atoms with van der Waals surface area (Å²) in [7, 11) is 4.08. The van der Waals surface area contributed by atoms with Crippen molar-refractivity contribution in [3.63, 3.8) is 0 Å². The molecular weight excluding hydrogens is 287 g/mol. The molecule has 21 heavy (non-hydrogen) atoms. The lowest BCUT2D eigenvalue weighted by Gasteiger charge is -2.17. The molecule has 0 saturated heterocycles. The fourth-order valence-corrected chi connectivity index (χ4v) is 2.36. The first-order valence-electron chi connectivity index (χ1n) is 6.91. The molecule has 2 aromatic carbocycles. The molecule has 4 heteroatoms. The average molecular weight is 307 g/mol. The Bertz CT molecular complexity index is 613. The monoisotopic (exact) mass is 306 g/mol. The van der Waals surface area contributed by atoms with Crippen molar-refractivity contribution in [3.05, 3.63) is 64.4 Å². The van der Waals surface area contributed by atoms with E-state index in [1.54, 1.807) is 6.07 Å². The van der Waals surface area contributed by atoms with Crippen LogP contribution in [0.2, 0.25) is 5.02 Å². The Morgan fingerprint density at radius 1 is 1.19 bits per heavy atom. The molecule has 2 nitrogen and oxygen atoms in total. The molecule has 0 aromatic heterocycles. The molecule has 1 unspecified atom stereocenters. The minimum atomic E-state index is -0.385. The number of rotatable bonds is 5. The van der Waals surface area contributed by atoms with Gasteiger partial charge in [0.05, 0.1) is 5.02 Å². The largest absolute Gasteiger partial charge is 0.379 e. The highest BCUT2D eigenvalue weighted by molar-refractivity contribution is 6.30. The summed E-state index contributed by atoms with van der Waals surface area (Å²) in [5.41, 5.74) is 3.13. The van der Waals surface area contributed by atoms with Crippen LogP contribution in [0.15, 0.2) is 42.5 Å². The predicted octanol–water partition coefficient (Wildman–Crippen LogP) is 4.71. The second kappa shape index (κ2) is 6.92. The van der Waals surface area contributed by atoms with Crippen LogP contribution in [0.25, 0.3) is 0 Å². The second-order valence-corrected chi connectivity index (χ2v) is 5.88. The van der Waals surface area contributed by atoms with Gasteiger partial charge in [0.25, 0.3) is 0 Å².